The average molecular weight is 428 g/mol. The minimum absolute atomic E-state index is 0.301. The lowest BCUT2D eigenvalue weighted by atomic mass is 9.93. The molecule has 1 heterocycles. The van der Waals surface area contributed by atoms with Crippen molar-refractivity contribution in [1.82, 2.24) is 4.98 Å². The Labute approximate surface area is 185 Å². The maximum atomic E-state index is 6.58. The number of para-hydroxylation sites is 1. The maximum Gasteiger partial charge on any atom is 0.101 e. The third-order valence-corrected chi connectivity index (χ3v) is 7.23. The van der Waals surface area contributed by atoms with Gasteiger partial charge in [0.2, 0.25) is 0 Å². The molecule has 0 aliphatic rings. The van der Waals surface area contributed by atoms with Crippen LogP contribution in [-0.4, -0.2) is 4.98 Å². The first-order valence-electron chi connectivity index (χ1n) is 11.4. The van der Waals surface area contributed by atoms with Gasteiger partial charge in [0, 0.05) is 10.9 Å². The molecule has 1 unspecified atom stereocenters. The maximum absolute atomic E-state index is 6.58. The molecule has 0 amide bonds. The first-order valence-corrected chi connectivity index (χ1v) is 12.6. The highest BCUT2D eigenvalue weighted by Crippen LogP contribution is 2.38. The molecule has 0 radical (unpaired) electrons. The summed E-state index contributed by atoms with van der Waals surface area (Å²) in [6.45, 7) is 2.28. The van der Waals surface area contributed by atoms with Crippen molar-refractivity contribution in [2.45, 2.75) is 83.5 Å². The molecule has 0 aliphatic heterocycles. The molecule has 1 atom stereocenters. The number of hydrogen-bond acceptors (Lipinski definition) is 2. The molecule has 156 valence electrons. The molecule has 0 fully saturated rings. The van der Waals surface area contributed by atoms with Crippen molar-refractivity contribution in [2.75, 3.05) is 0 Å². The molecule has 0 saturated carbocycles. The first kappa shape index (κ1) is 22.3. The van der Waals surface area contributed by atoms with Crippen molar-refractivity contribution in [1.29, 1.82) is 0 Å². The molecular formula is C26H34ClNS. The van der Waals surface area contributed by atoms with Crippen molar-refractivity contribution < 1.29 is 0 Å². The van der Waals surface area contributed by atoms with Crippen LogP contribution in [0, 0.1) is 0 Å². The minimum Gasteiger partial charge on any atom is -0.241 e. The molecule has 3 heteroatoms. The van der Waals surface area contributed by atoms with Crippen molar-refractivity contribution >= 4 is 33.2 Å². The Morgan fingerprint density at radius 1 is 0.793 bits per heavy atom. The molecule has 0 N–H and O–H groups in total. The van der Waals surface area contributed by atoms with Gasteiger partial charge in [-0.2, -0.15) is 0 Å². The van der Waals surface area contributed by atoms with Crippen molar-refractivity contribution in [3.8, 4) is 0 Å². The van der Waals surface area contributed by atoms with Gasteiger partial charge in [0.1, 0.15) is 5.01 Å². The van der Waals surface area contributed by atoms with Gasteiger partial charge in [0.25, 0.3) is 0 Å². The fraction of sp³-hybridized carbons (Fsp3) is 0.500. The Balaban J connectivity index is 1.54. The van der Waals surface area contributed by atoms with Crippen LogP contribution >= 0.6 is 22.9 Å². The lowest BCUT2D eigenvalue weighted by molar-refractivity contribution is 0.540. The van der Waals surface area contributed by atoms with Crippen molar-refractivity contribution in [2.24, 2.45) is 0 Å². The number of rotatable bonds is 13. The normalized spacial score (nSPS) is 12.5. The van der Waals surface area contributed by atoms with Gasteiger partial charge in [0.15, 0.2) is 0 Å². The van der Waals surface area contributed by atoms with Crippen molar-refractivity contribution in [3.05, 3.63) is 64.1 Å². The van der Waals surface area contributed by atoms with Gasteiger partial charge in [-0.25, -0.2) is 4.98 Å². The number of fused-ring (bicyclic) bond motifs is 1. The summed E-state index contributed by atoms with van der Waals surface area (Å²) in [6.07, 6.45) is 14.8. The van der Waals surface area contributed by atoms with Crippen LogP contribution in [-0.2, 0) is 0 Å². The van der Waals surface area contributed by atoms with Crippen LogP contribution in [0.3, 0.4) is 0 Å². The molecule has 29 heavy (non-hydrogen) atoms. The van der Waals surface area contributed by atoms with Crippen molar-refractivity contribution in [3.63, 3.8) is 0 Å². The number of aromatic nitrogens is 1. The largest absolute Gasteiger partial charge is 0.241 e. The third kappa shape index (κ3) is 6.83. The predicted octanol–water partition coefficient (Wildman–Crippen LogP) is 9.39. The van der Waals surface area contributed by atoms with E-state index in [1.54, 1.807) is 0 Å². The monoisotopic (exact) mass is 427 g/mol. The molecule has 0 aliphatic carbocycles. The second kappa shape index (κ2) is 12.3. The second-order valence-electron chi connectivity index (χ2n) is 8.06. The highest BCUT2D eigenvalue weighted by molar-refractivity contribution is 7.18. The number of benzene rings is 2. The van der Waals surface area contributed by atoms with Crippen LogP contribution in [0.15, 0.2) is 48.5 Å². The van der Waals surface area contributed by atoms with Gasteiger partial charge in [-0.05, 0) is 30.2 Å². The Morgan fingerprint density at radius 2 is 1.41 bits per heavy atom. The van der Waals surface area contributed by atoms with E-state index in [1.165, 1.54) is 79.5 Å². The summed E-state index contributed by atoms with van der Waals surface area (Å²) in [7, 11) is 0. The summed E-state index contributed by atoms with van der Waals surface area (Å²) in [5, 5.41) is 2.07. The zero-order valence-electron chi connectivity index (χ0n) is 17.7. The van der Waals surface area contributed by atoms with Crippen LogP contribution in [0.5, 0.6) is 0 Å². The number of halogens is 1. The molecule has 0 bridgehead atoms. The average Bonchev–Trinajstić information content (AvgIpc) is 3.17. The zero-order valence-corrected chi connectivity index (χ0v) is 19.3. The lowest BCUT2D eigenvalue weighted by Crippen LogP contribution is -2.02. The smallest absolute Gasteiger partial charge is 0.101 e. The van der Waals surface area contributed by atoms with Gasteiger partial charge in [-0.15, -0.1) is 11.3 Å². The molecule has 1 aromatic heterocycles. The summed E-state index contributed by atoms with van der Waals surface area (Å²) >= 11 is 8.40. The van der Waals surface area contributed by atoms with Gasteiger partial charge >= 0.3 is 0 Å². The summed E-state index contributed by atoms with van der Waals surface area (Å²) in [4.78, 5) is 4.95. The van der Waals surface area contributed by atoms with E-state index in [9.17, 15) is 0 Å². The molecule has 3 aromatic rings. The molecule has 1 nitrogen and oxygen atoms in total. The molecule has 3 rings (SSSR count). The molecule has 0 saturated heterocycles. The number of nitrogens with zero attached hydrogens (tertiary/aromatic N) is 1. The third-order valence-electron chi connectivity index (χ3n) is 5.74. The quantitative estimate of drug-likeness (QED) is 0.247. The van der Waals surface area contributed by atoms with E-state index < -0.39 is 0 Å². The zero-order chi connectivity index (χ0) is 20.3. The fourth-order valence-electron chi connectivity index (χ4n) is 4.04. The van der Waals surface area contributed by atoms with Crippen LogP contribution < -0.4 is 0 Å². The van der Waals surface area contributed by atoms with E-state index in [1.807, 2.05) is 23.5 Å². The van der Waals surface area contributed by atoms with E-state index in [0.717, 1.165) is 17.0 Å². The summed E-state index contributed by atoms with van der Waals surface area (Å²) in [5.41, 5.74) is 2.33. The van der Waals surface area contributed by atoms with Crippen LogP contribution in [0.1, 0.15) is 94.0 Å². The fourth-order valence-corrected chi connectivity index (χ4v) is 5.43. The molecular weight excluding hydrogens is 394 g/mol. The van der Waals surface area contributed by atoms with E-state index >= 15 is 0 Å². The summed E-state index contributed by atoms with van der Waals surface area (Å²) < 4.78 is 1.27. The summed E-state index contributed by atoms with van der Waals surface area (Å²) in [6, 6.07) is 16.7. The van der Waals surface area contributed by atoms with Crippen LogP contribution in [0.25, 0.3) is 10.2 Å². The van der Waals surface area contributed by atoms with Gasteiger partial charge in [-0.3, -0.25) is 0 Å². The van der Waals surface area contributed by atoms with Crippen LogP contribution in [0.2, 0.25) is 5.02 Å². The number of thiazole rings is 1. The first-order chi connectivity index (χ1) is 14.3. The molecule has 0 spiro atoms. The van der Waals surface area contributed by atoms with E-state index in [-0.39, 0.29) is 0 Å². The van der Waals surface area contributed by atoms with E-state index in [0.29, 0.717) is 5.92 Å². The second-order valence-corrected chi connectivity index (χ2v) is 9.53. The Hall–Kier alpha value is -1.38. The predicted molar refractivity (Wildman–Crippen MR) is 129 cm³/mol. The highest BCUT2D eigenvalue weighted by atomic mass is 35.5. The summed E-state index contributed by atoms with van der Waals surface area (Å²) in [5.74, 6) is 0.301. The number of unbranched alkanes of at least 4 members (excludes halogenated alkanes) is 9. The Morgan fingerprint density at radius 3 is 2.10 bits per heavy atom. The topological polar surface area (TPSA) is 12.9 Å². The lowest BCUT2D eigenvalue weighted by Gasteiger charge is -2.16. The van der Waals surface area contributed by atoms with Gasteiger partial charge in [-0.1, -0.05) is 113 Å². The van der Waals surface area contributed by atoms with Gasteiger partial charge < -0.3 is 0 Å². The minimum atomic E-state index is 0.301. The Kier molecular flexibility index (Phi) is 9.50. The van der Waals surface area contributed by atoms with E-state index in [4.69, 9.17) is 16.6 Å². The van der Waals surface area contributed by atoms with Crippen LogP contribution in [0.4, 0.5) is 0 Å². The number of hydrogen-bond donors (Lipinski definition) is 0. The van der Waals surface area contributed by atoms with Gasteiger partial charge in [0.05, 0.1) is 10.2 Å². The SMILES string of the molecule is CCCCCCCCCCCCC(c1nc2ccccc2s1)c1ccccc1Cl. The molecule has 2 aromatic carbocycles. The standard InChI is InChI=1S/C26H34ClNS/c1-2-3-4-5-6-7-8-9-10-11-17-22(21-16-12-13-18-23(21)27)26-28-24-19-14-15-20-25(24)29-26/h12-16,18-20,22H,2-11,17H2,1H3. The Bertz CT molecular complexity index is 824. The highest BCUT2D eigenvalue weighted by Gasteiger charge is 2.20. The van der Waals surface area contributed by atoms with E-state index in [2.05, 4.69) is 43.3 Å².